The Morgan fingerprint density at radius 3 is 2.67 bits per heavy atom. The van der Waals surface area contributed by atoms with E-state index in [9.17, 15) is 18.4 Å². The van der Waals surface area contributed by atoms with Crippen LogP contribution < -0.4 is 5.32 Å². The maximum absolute atomic E-state index is 14.1. The van der Waals surface area contributed by atoms with Crippen LogP contribution in [0.15, 0.2) is 33.6 Å². The third-order valence-corrected chi connectivity index (χ3v) is 4.26. The second-order valence-corrected chi connectivity index (χ2v) is 6.45. The molecule has 1 N–H and O–H groups in total. The average Bonchev–Trinajstić information content (AvgIpc) is 3.28. The van der Waals surface area contributed by atoms with Crippen molar-refractivity contribution < 1.29 is 22.9 Å². The van der Waals surface area contributed by atoms with Crippen LogP contribution >= 0.6 is 11.3 Å². The predicted octanol–water partition coefficient (Wildman–Crippen LogP) is 3.24. The number of aryl methyl sites for hydroxylation is 1. The van der Waals surface area contributed by atoms with Crippen LogP contribution in [0.1, 0.15) is 32.3 Å². The molecule has 27 heavy (non-hydrogen) atoms. The summed E-state index contributed by atoms with van der Waals surface area (Å²) in [7, 11) is 1.47. The maximum Gasteiger partial charge on any atom is 0.277 e. The van der Waals surface area contributed by atoms with Crippen LogP contribution in [0.4, 0.5) is 14.5 Å². The Hall–Kier alpha value is -3.14. The Labute approximate surface area is 156 Å². The van der Waals surface area contributed by atoms with E-state index in [4.69, 9.17) is 4.52 Å². The van der Waals surface area contributed by atoms with Crippen LogP contribution in [-0.2, 0) is 6.54 Å². The Kier molecular flexibility index (Phi) is 5.26. The van der Waals surface area contributed by atoms with Crippen LogP contribution in [0.25, 0.3) is 0 Å². The van der Waals surface area contributed by atoms with Gasteiger partial charge in [0, 0.05) is 24.6 Å². The number of hydrogen-bond acceptors (Lipinski definition) is 6. The predicted molar refractivity (Wildman–Crippen MR) is 93.5 cm³/mol. The van der Waals surface area contributed by atoms with Gasteiger partial charge in [0.05, 0.1) is 29.0 Å². The number of thiazole rings is 1. The van der Waals surface area contributed by atoms with Crippen molar-refractivity contribution in [2.45, 2.75) is 13.5 Å². The van der Waals surface area contributed by atoms with Gasteiger partial charge in [-0.3, -0.25) is 9.59 Å². The van der Waals surface area contributed by atoms with Gasteiger partial charge in [0.15, 0.2) is 5.69 Å². The van der Waals surface area contributed by atoms with Gasteiger partial charge < -0.3 is 14.7 Å². The van der Waals surface area contributed by atoms with E-state index in [-0.39, 0.29) is 23.5 Å². The molecule has 0 saturated heterocycles. The Balaban J connectivity index is 1.82. The lowest BCUT2D eigenvalue weighted by molar-refractivity contribution is 0.0778. The zero-order chi connectivity index (χ0) is 19.6. The van der Waals surface area contributed by atoms with E-state index in [1.807, 2.05) is 0 Å². The minimum absolute atomic E-state index is 0.0650. The molecule has 0 unspecified atom stereocenters. The molecule has 7 nitrogen and oxygen atoms in total. The van der Waals surface area contributed by atoms with Gasteiger partial charge in [-0.15, -0.1) is 11.3 Å². The summed E-state index contributed by atoms with van der Waals surface area (Å²) in [6, 6.07) is 2.87. The summed E-state index contributed by atoms with van der Waals surface area (Å²) in [5, 5.41) is 7.54. The highest BCUT2D eigenvalue weighted by Crippen LogP contribution is 2.22. The first-order valence-corrected chi connectivity index (χ1v) is 8.65. The molecule has 3 rings (SSSR count). The number of benzene rings is 1. The summed E-state index contributed by atoms with van der Waals surface area (Å²) in [4.78, 5) is 29.9. The van der Waals surface area contributed by atoms with Gasteiger partial charge >= 0.3 is 0 Å². The summed E-state index contributed by atoms with van der Waals surface area (Å²) >= 11 is 1.37. The quantitative estimate of drug-likeness (QED) is 0.720. The molecule has 2 amide bonds. The molecular formula is C17H14F2N4O3S. The Morgan fingerprint density at radius 2 is 2.04 bits per heavy atom. The van der Waals surface area contributed by atoms with Crippen molar-refractivity contribution in [3.05, 3.63) is 63.4 Å². The van der Waals surface area contributed by atoms with E-state index in [0.717, 1.165) is 6.07 Å². The van der Waals surface area contributed by atoms with E-state index in [2.05, 4.69) is 15.5 Å². The van der Waals surface area contributed by atoms with E-state index in [1.54, 1.807) is 17.8 Å². The van der Waals surface area contributed by atoms with E-state index in [0.29, 0.717) is 17.5 Å². The number of halogens is 2. The standard InChI is InChI=1S/C17H14F2N4O3S/c1-9-3-15(22-26-9)16(24)21-14-4-11(12(18)5-13(14)19)17(25)23(2)6-10-7-27-8-20-10/h3-5,7-8H,6H2,1-2H3,(H,21,24). The van der Waals surface area contributed by atoms with E-state index >= 15 is 0 Å². The number of aromatic nitrogens is 2. The molecule has 0 atom stereocenters. The lowest BCUT2D eigenvalue weighted by atomic mass is 10.1. The highest BCUT2D eigenvalue weighted by atomic mass is 32.1. The summed E-state index contributed by atoms with van der Waals surface area (Å²) in [5.74, 6) is -3.06. The van der Waals surface area contributed by atoms with Gasteiger partial charge in [0.25, 0.3) is 11.8 Å². The number of amides is 2. The minimum atomic E-state index is -1.03. The van der Waals surface area contributed by atoms with Gasteiger partial charge in [0.1, 0.15) is 17.4 Å². The van der Waals surface area contributed by atoms with Crippen LogP contribution in [0.5, 0.6) is 0 Å². The zero-order valence-corrected chi connectivity index (χ0v) is 15.1. The van der Waals surface area contributed by atoms with Crippen LogP contribution in [0.3, 0.4) is 0 Å². The second kappa shape index (κ2) is 7.62. The lowest BCUT2D eigenvalue weighted by Crippen LogP contribution is -2.27. The summed E-state index contributed by atoms with van der Waals surface area (Å²) < 4.78 is 33.0. The summed E-state index contributed by atoms with van der Waals surface area (Å²) in [5.41, 5.74) is 1.48. The van der Waals surface area contributed by atoms with Crippen LogP contribution in [0.2, 0.25) is 0 Å². The van der Waals surface area contributed by atoms with Crippen molar-refractivity contribution >= 4 is 28.8 Å². The lowest BCUT2D eigenvalue weighted by Gasteiger charge is -2.17. The molecule has 3 aromatic rings. The van der Waals surface area contributed by atoms with Gasteiger partial charge in [-0.05, 0) is 13.0 Å². The van der Waals surface area contributed by atoms with Crippen LogP contribution in [0, 0.1) is 18.6 Å². The van der Waals surface area contributed by atoms with Crippen molar-refractivity contribution in [1.29, 1.82) is 0 Å². The zero-order valence-electron chi connectivity index (χ0n) is 14.3. The number of carbonyl (C=O) groups is 2. The molecule has 0 aliphatic carbocycles. The number of carbonyl (C=O) groups excluding carboxylic acids is 2. The SMILES string of the molecule is Cc1cc(C(=O)Nc2cc(C(=O)N(C)Cc3cscn3)c(F)cc2F)no1. The van der Waals surface area contributed by atoms with E-state index < -0.39 is 23.4 Å². The smallest absolute Gasteiger partial charge is 0.277 e. The normalized spacial score (nSPS) is 10.7. The molecule has 0 radical (unpaired) electrons. The van der Waals surface area contributed by atoms with Crippen LogP contribution in [-0.4, -0.2) is 33.9 Å². The summed E-state index contributed by atoms with van der Waals surface area (Å²) in [6.45, 7) is 1.76. The fraction of sp³-hybridized carbons (Fsp3) is 0.176. The highest BCUT2D eigenvalue weighted by molar-refractivity contribution is 7.07. The first kappa shape index (κ1) is 18.6. The molecule has 0 saturated carbocycles. The van der Waals surface area contributed by atoms with Gasteiger partial charge in [0.2, 0.25) is 0 Å². The molecular weight excluding hydrogens is 378 g/mol. The Morgan fingerprint density at radius 1 is 1.26 bits per heavy atom. The topological polar surface area (TPSA) is 88.3 Å². The minimum Gasteiger partial charge on any atom is -0.361 e. The molecule has 0 aliphatic rings. The molecule has 2 aromatic heterocycles. The molecule has 2 heterocycles. The third kappa shape index (κ3) is 4.17. The van der Waals surface area contributed by atoms with Crippen molar-refractivity contribution in [3.63, 3.8) is 0 Å². The molecule has 0 fully saturated rings. The summed E-state index contributed by atoms with van der Waals surface area (Å²) in [6.07, 6.45) is 0. The van der Waals surface area contributed by atoms with Crippen molar-refractivity contribution in [1.82, 2.24) is 15.0 Å². The molecule has 10 heteroatoms. The van der Waals surface area contributed by atoms with Crippen molar-refractivity contribution in [3.8, 4) is 0 Å². The number of nitrogens with one attached hydrogen (secondary N) is 1. The molecule has 0 spiro atoms. The van der Waals surface area contributed by atoms with E-state index in [1.165, 1.54) is 29.4 Å². The monoisotopic (exact) mass is 392 g/mol. The number of hydrogen-bond donors (Lipinski definition) is 1. The van der Waals surface area contributed by atoms with Gasteiger partial charge in [-0.25, -0.2) is 13.8 Å². The highest BCUT2D eigenvalue weighted by Gasteiger charge is 2.21. The molecule has 140 valence electrons. The van der Waals surface area contributed by atoms with Gasteiger partial charge in [-0.2, -0.15) is 0 Å². The van der Waals surface area contributed by atoms with Crippen molar-refractivity contribution in [2.75, 3.05) is 12.4 Å². The fourth-order valence-electron chi connectivity index (χ4n) is 2.30. The van der Waals surface area contributed by atoms with Gasteiger partial charge in [-0.1, -0.05) is 5.16 Å². The molecule has 0 bridgehead atoms. The largest absolute Gasteiger partial charge is 0.361 e. The maximum atomic E-state index is 14.1. The number of nitrogens with zero attached hydrogens (tertiary/aromatic N) is 3. The molecule has 1 aromatic carbocycles. The fourth-order valence-corrected chi connectivity index (χ4v) is 2.85. The van der Waals surface area contributed by atoms with Crippen molar-refractivity contribution in [2.24, 2.45) is 0 Å². The number of anilines is 1. The first-order valence-electron chi connectivity index (χ1n) is 7.71. The average molecular weight is 392 g/mol. The molecule has 0 aliphatic heterocycles. The third-order valence-electron chi connectivity index (χ3n) is 3.63. The Bertz CT molecular complexity index is 988. The number of rotatable bonds is 5. The first-order chi connectivity index (χ1) is 12.8. The second-order valence-electron chi connectivity index (χ2n) is 5.73.